The summed E-state index contributed by atoms with van der Waals surface area (Å²) in [4.78, 5) is 16.9. The van der Waals surface area contributed by atoms with Gasteiger partial charge in [0.1, 0.15) is 0 Å². The van der Waals surface area contributed by atoms with E-state index in [1.165, 1.54) is 5.56 Å². The summed E-state index contributed by atoms with van der Waals surface area (Å²) >= 11 is 0. The van der Waals surface area contributed by atoms with Crippen LogP contribution in [0.25, 0.3) is 11.1 Å². The van der Waals surface area contributed by atoms with Crippen molar-refractivity contribution in [3.63, 3.8) is 0 Å². The van der Waals surface area contributed by atoms with E-state index in [0.29, 0.717) is 19.6 Å². The van der Waals surface area contributed by atoms with Crippen LogP contribution >= 0.6 is 0 Å². The van der Waals surface area contributed by atoms with Crippen LogP contribution in [0.4, 0.5) is 11.5 Å². The first kappa shape index (κ1) is 21.9. The molecular formula is C26H29N7O2. The van der Waals surface area contributed by atoms with Gasteiger partial charge in [-0.15, -0.1) is 0 Å². The lowest BCUT2D eigenvalue weighted by atomic mass is 9.86. The molecule has 2 N–H and O–H groups in total. The standard InChI is InChI=1S/C26H29N7O2/c1-15-21(13-28-29-15)17-3-4-23-19(11-17)12-20(5-8-27)33(23)26-24-22(30-31-26)6-9-32(16(2)34)25(24)18-7-10-35-14-18/h3-4,11,13,18,20,25H,5-7,9-10,12,14H2,1-2H3,(H,28,29)(H,30,31). The summed E-state index contributed by atoms with van der Waals surface area (Å²) in [5.41, 5.74) is 7.60. The Morgan fingerprint density at radius 1 is 1.34 bits per heavy atom. The number of ether oxygens (including phenoxy) is 1. The number of carbonyl (C=O) groups is 1. The van der Waals surface area contributed by atoms with E-state index in [0.717, 1.165) is 65.5 Å². The topological polar surface area (TPSA) is 114 Å². The van der Waals surface area contributed by atoms with E-state index in [4.69, 9.17) is 9.84 Å². The number of carbonyl (C=O) groups excluding carboxylic acids is 1. The van der Waals surface area contributed by atoms with Gasteiger partial charge in [0.25, 0.3) is 0 Å². The number of amides is 1. The highest BCUT2D eigenvalue weighted by Gasteiger charge is 2.43. The number of H-pyrrole nitrogens is 2. The van der Waals surface area contributed by atoms with Crippen molar-refractivity contribution in [3.05, 3.63) is 46.9 Å². The first-order valence-electron chi connectivity index (χ1n) is 12.3. The van der Waals surface area contributed by atoms with Crippen LogP contribution in [0.15, 0.2) is 24.4 Å². The van der Waals surface area contributed by atoms with Crippen molar-refractivity contribution in [2.75, 3.05) is 24.7 Å². The van der Waals surface area contributed by atoms with Crippen LogP contribution in [0.5, 0.6) is 0 Å². The highest BCUT2D eigenvalue weighted by Crippen LogP contribution is 2.48. The number of hydrogen-bond acceptors (Lipinski definition) is 6. The maximum absolute atomic E-state index is 12.7. The fourth-order valence-corrected chi connectivity index (χ4v) is 6.13. The van der Waals surface area contributed by atoms with Gasteiger partial charge in [-0.05, 0) is 43.0 Å². The van der Waals surface area contributed by atoms with E-state index in [1.54, 1.807) is 6.92 Å². The van der Waals surface area contributed by atoms with Gasteiger partial charge in [-0.3, -0.25) is 15.0 Å². The van der Waals surface area contributed by atoms with Gasteiger partial charge in [-0.2, -0.15) is 15.5 Å². The van der Waals surface area contributed by atoms with Crippen LogP contribution in [-0.2, 0) is 22.4 Å². The largest absolute Gasteiger partial charge is 0.381 e. The van der Waals surface area contributed by atoms with Crippen molar-refractivity contribution in [3.8, 4) is 17.2 Å². The zero-order chi connectivity index (χ0) is 24.1. The Bertz CT molecular complexity index is 1310. The van der Waals surface area contributed by atoms with Gasteiger partial charge < -0.3 is 14.5 Å². The number of benzene rings is 1. The van der Waals surface area contributed by atoms with Crippen LogP contribution in [0, 0.1) is 24.2 Å². The summed E-state index contributed by atoms with van der Waals surface area (Å²) in [5, 5.41) is 25.0. The maximum Gasteiger partial charge on any atom is 0.219 e. The van der Waals surface area contributed by atoms with Gasteiger partial charge in [-0.25, -0.2) is 0 Å². The molecule has 3 aliphatic rings. The molecule has 5 heterocycles. The Labute approximate surface area is 204 Å². The van der Waals surface area contributed by atoms with Crippen molar-refractivity contribution in [2.24, 2.45) is 5.92 Å². The number of aromatic nitrogens is 4. The van der Waals surface area contributed by atoms with Gasteiger partial charge in [0.2, 0.25) is 5.91 Å². The highest BCUT2D eigenvalue weighted by atomic mass is 16.5. The van der Waals surface area contributed by atoms with E-state index in [9.17, 15) is 10.1 Å². The fourth-order valence-electron chi connectivity index (χ4n) is 6.13. The van der Waals surface area contributed by atoms with Crippen LogP contribution in [0.3, 0.4) is 0 Å². The molecular weight excluding hydrogens is 442 g/mol. The molecule has 0 radical (unpaired) electrons. The monoisotopic (exact) mass is 471 g/mol. The van der Waals surface area contributed by atoms with Gasteiger partial charge >= 0.3 is 0 Å². The number of rotatable bonds is 4. The summed E-state index contributed by atoms with van der Waals surface area (Å²) in [6.45, 7) is 5.68. The first-order chi connectivity index (χ1) is 17.1. The minimum Gasteiger partial charge on any atom is -0.381 e. The van der Waals surface area contributed by atoms with Crippen LogP contribution in [-0.4, -0.2) is 57.0 Å². The Morgan fingerprint density at radius 3 is 2.94 bits per heavy atom. The van der Waals surface area contributed by atoms with E-state index >= 15 is 0 Å². The van der Waals surface area contributed by atoms with Crippen molar-refractivity contribution in [1.29, 1.82) is 5.26 Å². The van der Waals surface area contributed by atoms with Gasteiger partial charge in [-0.1, -0.05) is 6.07 Å². The second-order valence-corrected chi connectivity index (χ2v) is 9.79. The molecule has 3 unspecified atom stereocenters. The molecule has 0 saturated carbocycles. The predicted molar refractivity (Wildman–Crippen MR) is 130 cm³/mol. The minimum atomic E-state index is -0.0767. The average Bonchev–Trinajstić information content (AvgIpc) is 3.64. The van der Waals surface area contributed by atoms with E-state index < -0.39 is 0 Å². The SMILES string of the molecule is CC(=O)N1CCc2[nH]nc(N3c4ccc(-c5c[nH]nc5C)cc4CC3CC#N)c2C1C1CCOC1. The normalized spacial score (nSPS) is 23.3. The molecule has 6 rings (SSSR count). The van der Waals surface area contributed by atoms with Crippen LogP contribution in [0.2, 0.25) is 0 Å². The van der Waals surface area contributed by atoms with Crippen LogP contribution < -0.4 is 4.90 Å². The second-order valence-electron chi connectivity index (χ2n) is 9.79. The Balaban J connectivity index is 1.46. The zero-order valence-electron chi connectivity index (χ0n) is 20.0. The fraction of sp³-hybridized carbons (Fsp3) is 0.462. The molecule has 0 spiro atoms. The lowest BCUT2D eigenvalue weighted by molar-refractivity contribution is -0.133. The van der Waals surface area contributed by atoms with E-state index in [-0.39, 0.29) is 23.9 Å². The Hall–Kier alpha value is -3.64. The molecule has 0 bridgehead atoms. The molecule has 1 amide bonds. The average molecular weight is 472 g/mol. The maximum atomic E-state index is 12.7. The molecule has 9 heteroatoms. The summed E-state index contributed by atoms with van der Waals surface area (Å²) in [6.07, 6.45) is 4.75. The Kier molecular flexibility index (Phi) is 5.33. The summed E-state index contributed by atoms with van der Waals surface area (Å²) < 4.78 is 5.74. The number of aryl methyl sites for hydroxylation is 1. The van der Waals surface area contributed by atoms with Crippen molar-refractivity contribution >= 4 is 17.4 Å². The number of nitrogens with one attached hydrogen (secondary N) is 2. The summed E-state index contributed by atoms with van der Waals surface area (Å²) in [6, 6.07) is 8.74. The quantitative estimate of drug-likeness (QED) is 0.601. The van der Waals surface area contributed by atoms with Crippen LogP contribution in [0.1, 0.15) is 48.3 Å². The third kappa shape index (κ3) is 3.51. The lowest BCUT2D eigenvalue weighted by Crippen LogP contribution is -2.43. The van der Waals surface area contributed by atoms with Gasteiger partial charge in [0.15, 0.2) is 5.82 Å². The molecule has 35 heavy (non-hydrogen) atoms. The summed E-state index contributed by atoms with van der Waals surface area (Å²) in [7, 11) is 0. The van der Waals surface area contributed by atoms with E-state index in [2.05, 4.69) is 44.5 Å². The van der Waals surface area contributed by atoms with Gasteiger partial charge in [0.05, 0.1) is 36.9 Å². The van der Waals surface area contributed by atoms with Crippen molar-refractivity contribution < 1.29 is 9.53 Å². The molecule has 1 fully saturated rings. The zero-order valence-corrected chi connectivity index (χ0v) is 20.0. The number of aromatic amines is 2. The third-order valence-corrected chi connectivity index (χ3v) is 7.77. The molecule has 3 aromatic rings. The van der Waals surface area contributed by atoms with Crippen molar-refractivity contribution in [2.45, 2.75) is 51.6 Å². The first-order valence-corrected chi connectivity index (χ1v) is 12.3. The summed E-state index contributed by atoms with van der Waals surface area (Å²) in [5.74, 6) is 1.15. The molecule has 3 atom stereocenters. The van der Waals surface area contributed by atoms with Gasteiger partial charge in [0, 0.05) is 61.1 Å². The number of hydrogen-bond donors (Lipinski definition) is 2. The number of fused-ring (bicyclic) bond motifs is 2. The van der Waals surface area contributed by atoms with E-state index in [1.807, 2.05) is 18.0 Å². The number of nitriles is 1. The smallest absolute Gasteiger partial charge is 0.219 e. The molecule has 0 aliphatic carbocycles. The molecule has 1 aromatic carbocycles. The minimum absolute atomic E-state index is 0.0173. The highest BCUT2D eigenvalue weighted by molar-refractivity contribution is 5.79. The molecule has 3 aliphatic heterocycles. The predicted octanol–water partition coefficient (Wildman–Crippen LogP) is 3.57. The molecule has 2 aromatic heterocycles. The molecule has 1 saturated heterocycles. The van der Waals surface area contributed by atoms with Crippen molar-refractivity contribution in [1.82, 2.24) is 25.3 Å². The second kappa shape index (κ2) is 8.54. The molecule has 9 nitrogen and oxygen atoms in total. The lowest BCUT2D eigenvalue weighted by Gasteiger charge is -2.39. The third-order valence-electron chi connectivity index (χ3n) is 7.77. The number of anilines is 2. The molecule has 180 valence electrons. The Morgan fingerprint density at radius 2 is 2.23 bits per heavy atom. The number of nitrogens with zero attached hydrogens (tertiary/aromatic N) is 5.